The Kier molecular flexibility index (Phi) is 5.96. The van der Waals surface area contributed by atoms with Crippen molar-refractivity contribution in [3.8, 4) is 0 Å². The van der Waals surface area contributed by atoms with E-state index in [1.807, 2.05) is 4.90 Å². The maximum atomic E-state index is 13.0. The van der Waals surface area contributed by atoms with Crippen molar-refractivity contribution in [3.63, 3.8) is 0 Å². The summed E-state index contributed by atoms with van der Waals surface area (Å²) in [6.07, 6.45) is 4.33. The maximum absolute atomic E-state index is 13.0. The summed E-state index contributed by atoms with van der Waals surface area (Å²) in [7, 11) is 0. The predicted molar refractivity (Wildman–Crippen MR) is 85.1 cm³/mol. The molecule has 5 nitrogen and oxygen atoms in total. The average molecular weight is 314 g/mol. The van der Waals surface area contributed by atoms with Crippen LogP contribution in [0.4, 0.5) is 0 Å². The van der Waals surface area contributed by atoms with Gasteiger partial charge in [0.05, 0.1) is 11.1 Å². The maximum Gasteiger partial charge on any atom is 0.235 e. The van der Waals surface area contributed by atoms with Crippen molar-refractivity contribution in [2.24, 2.45) is 11.1 Å². The molecule has 2 aliphatic heterocycles. The lowest BCUT2D eigenvalue weighted by atomic mass is 9.78. The first-order chi connectivity index (χ1) is 10.1. The van der Waals surface area contributed by atoms with E-state index >= 15 is 0 Å². The van der Waals surface area contributed by atoms with Gasteiger partial charge in [0.1, 0.15) is 5.41 Å². The zero-order chi connectivity index (χ0) is 15.3. The summed E-state index contributed by atoms with van der Waals surface area (Å²) in [6, 6.07) is 0. The molecule has 0 spiro atoms. The van der Waals surface area contributed by atoms with Crippen LogP contribution in [0.5, 0.6) is 0 Å². The van der Waals surface area contributed by atoms with Gasteiger partial charge in [-0.1, -0.05) is 19.1 Å². The molecule has 2 saturated heterocycles. The normalized spacial score (nSPS) is 25.6. The Morgan fingerprint density at radius 3 is 2.81 bits per heavy atom. The second-order valence-corrected chi connectivity index (χ2v) is 6.38. The Hall–Kier alpha value is -0.720. The summed E-state index contributed by atoms with van der Waals surface area (Å²) in [6.45, 7) is 5.37. The summed E-state index contributed by atoms with van der Waals surface area (Å²) in [5.41, 5.74) is 5.21. The fourth-order valence-electron chi connectivity index (χ4n) is 3.13. The van der Waals surface area contributed by atoms with Crippen LogP contribution in [-0.4, -0.2) is 54.8 Å². The molecule has 2 N–H and O–H groups in total. The fourth-order valence-corrected chi connectivity index (χ4v) is 3.42. The number of ether oxygens (including phenoxy) is 2. The predicted octanol–water partition coefficient (Wildman–Crippen LogP) is 1.49. The van der Waals surface area contributed by atoms with Gasteiger partial charge in [0, 0.05) is 32.9 Å². The third-order valence-corrected chi connectivity index (χ3v) is 4.84. The van der Waals surface area contributed by atoms with Crippen LogP contribution >= 0.6 is 12.2 Å². The molecule has 2 aliphatic rings. The molecule has 0 aromatic rings. The Morgan fingerprint density at radius 1 is 1.48 bits per heavy atom. The van der Waals surface area contributed by atoms with Crippen LogP contribution in [0.3, 0.4) is 0 Å². The van der Waals surface area contributed by atoms with Crippen LogP contribution in [-0.2, 0) is 14.3 Å². The minimum absolute atomic E-state index is 0.0723. The zero-order valence-electron chi connectivity index (χ0n) is 12.8. The quantitative estimate of drug-likeness (QED) is 0.779. The standard InChI is InChI=1S/C15H26N2O3S/c1-2-8-20-12-4-3-7-17(11-12)14(18)15(13(16)21)5-9-19-10-6-15/h12H,2-11H2,1H3,(H2,16,21). The molecule has 2 fully saturated rings. The number of hydrogen-bond donors (Lipinski definition) is 1. The van der Waals surface area contributed by atoms with Crippen molar-refractivity contribution >= 4 is 23.1 Å². The number of carbonyl (C=O) groups excluding carboxylic acids is 1. The van der Waals surface area contributed by atoms with E-state index in [0.29, 0.717) is 37.6 Å². The van der Waals surface area contributed by atoms with Gasteiger partial charge in [0.25, 0.3) is 0 Å². The second kappa shape index (κ2) is 7.51. The van der Waals surface area contributed by atoms with Gasteiger partial charge in [-0.25, -0.2) is 0 Å². The van der Waals surface area contributed by atoms with Crippen LogP contribution in [0.15, 0.2) is 0 Å². The molecule has 1 unspecified atom stereocenters. The van der Waals surface area contributed by atoms with Crippen LogP contribution in [0.25, 0.3) is 0 Å². The molecule has 1 amide bonds. The molecule has 0 saturated carbocycles. The average Bonchev–Trinajstić information content (AvgIpc) is 2.53. The molecule has 0 bridgehead atoms. The molecule has 0 aromatic carbocycles. The molecule has 21 heavy (non-hydrogen) atoms. The lowest BCUT2D eigenvalue weighted by molar-refractivity contribution is -0.146. The molecule has 120 valence electrons. The monoisotopic (exact) mass is 314 g/mol. The van der Waals surface area contributed by atoms with Crippen LogP contribution in [0.1, 0.15) is 39.0 Å². The van der Waals surface area contributed by atoms with Crippen molar-refractivity contribution in [2.75, 3.05) is 32.9 Å². The van der Waals surface area contributed by atoms with Gasteiger partial charge >= 0.3 is 0 Å². The van der Waals surface area contributed by atoms with Crippen molar-refractivity contribution < 1.29 is 14.3 Å². The Bertz CT molecular complexity index is 383. The van der Waals surface area contributed by atoms with E-state index < -0.39 is 5.41 Å². The zero-order valence-corrected chi connectivity index (χ0v) is 13.6. The van der Waals surface area contributed by atoms with E-state index in [9.17, 15) is 4.79 Å². The van der Waals surface area contributed by atoms with Crippen LogP contribution in [0, 0.1) is 5.41 Å². The highest BCUT2D eigenvalue weighted by molar-refractivity contribution is 7.80. The minimum Gasteiger partial charge on any atom is -0.392 e. The molecular weight excluding hydrogens is 288 g/mol. The lowest BCUT2D eigenvalue weighted by Gasteiger charge is -2.41. The summed E-state index contributed by atoms with van der Waals surface area (Å²) < 4.78 is 11.2. The van der Waals surface area contributed by atoms with Gasteiger partial charge in [0.2, 0.25) is 5.91 Å². The molecule has 2 rings (SSSR count). The number of piperidine rings is 1. The molecule has 1 atom stereocenters. The van der Waals surface area contributed by atoms with E-state index in [-0.39, 0.29) is 12.0 Å². The molecule has 0 aliphatic carbocycles. The van der Waals surface area contributed by atoms with Crippen LogP contribution in [0.2, 0.25) is 0 Å². The van der Waals surface area contributed by atoms with E-state index in [1.54, 1.807) is 0 Å². The first kappa shape index (κ1) is 16.6. The van der Waals surface area contributed by atoms with Crippen molar-refractivity contribution in [2.45, 2.75) is 45.1 Å². The Labute approximate surface area is 132 Å². The first-order valence-electron chi connectivity index (χ1n) is 7.89. The summed E-state index contributed by atoms with van der Waals surface area (Å²) in [5.74, 6) is 0.0723. The topological polar surface area (TPSA) is 64.8 Å². The summed E-state index contributed by atoms with van der Waals surface area (Å²) in [4.78, 5) is 15.2. The van der Waals surface area contributed by atoms with E-state index in [4.69, 9.17) is 27.4 Å². The number of thiocarbonyl (C=S) groups is 1. The number of likely N-dealkylation sites (tertiary alicyclic amines) is 1. The van der Waals surface area contributed by atoms with Gasteiger partial charge in [-0.15, -0.1) is 0 Å². The highest BCUT2D eigenvalue weighted by atomic mass is 32.1. The SMILES string of the molecule is CCCOC1CCCN(C(=O)C2(C(N)=S)CCOCC2)C1. The van der Waals surface area contributed by atoms with Gasteiger partial charge in [-0.3, -0.25) is 4.79 Å². The number of nitrogens with zero attached hydrogens (tertiary/aromatic N) is 1. The Balaban J connectivity index is 2.04. The second-order valence-electron chi connectivity index (χ2n) is 5.94. The third kappa shape index (κ3) is 3.73. The van der Waals surface area contributed by atoms with E-state index in [1.165, 1.54) is 0 Å². The Morgan fingerprint density at radius 2 is 2.19 bits per heavy atom. The van der Waals surface area contributed by atoms with Crippen LogP contribution < -0.4 is 5.73 Å². The number of nitrogens with two attached hydrogens (primary N) is 1. The summed E-state index contributed by atoms with van der Waals surface area (Å²) >= 11 is 5.22. The fraction of sp³-hybridized carbons (Fsp3) is 0.867. The van der Waals surface area contributed by atoms with E-state index in [2.05, 4.69) is 6.92 Å². The van der Waals surface area contributed by atoms with Gasteiger partial charge in [-0.2, -0.15) is 0 Å². The largest absolute Gasteiger partial charge is 0.392 e. The molecule has 0 aromatic heterocycles. The first-order valence-corrected chi connectivity index (χ1v) is 8.29. The number of carbonyl (C=O) groups is 1. The van der Waals surface area contributed by atoms with Crippen molar-refractivity contribution in [1.82, 2.24) is 4.90 Å². The molecule has 0 radical (unpaired) electrons. The molecular formula is C15H26N2O3S. The van der Waals surface area contributed by atoms with E-state index in [0.717, 1.165) is 32.4 Å². The van der Waals surface area contributed by atoms with Crippen molar-refractivity contribution in [1.29, 1.82) is 0 Å². The van der Waals surface area contributed by atoms with Gasteiger partial charge < -0.3 is 20.1 Å². The highest BCUT2D eigenvalue weighted by Crippen LogP contribution is 2.34. The lowest BCUT2D eigenvalue weighted by Crippen LogP contribution is -2.56. The van der Waals surface area contributed by atoms with Crippen molar-refractivity contribution in [3.05, 3.63) is 0 Å². The van der Waals surface area contributed by atoms with Gasteiger partial charge in [-0.05, 0) is 32.1 Å². The minimum atomic E-state index is -0.708. The number of rotatable bonds is 5. The molecule has 2 heterocycles. The third-order valence-electron chi connectivity index (χ3n) is 4.45. The van der Waals surface area contributed by atoms with Gasteiger partial charge in [0.15, 0.2) is 0 Å². The number of amides is 1. The smallest absolute Gasteiger partial charge is 0.235 e. The number of hydrogen-bond acceptors (Lipinski definition) is 4. The summed E-state index contributed by atoms with van der Waals surface area (Å²) in [5, 5.41) is 0. The highest BCUT2D eigenvalue weighted by Gasteiger charge is 2.46. The molecule has 6 heteroatoms.